The third kappa shape index (κ3) is 4.63. The third-order valence-corrected chi connectivity index (χ3v) is 11.3. The molecule has 9 heteroatoms. The first kappa shape index (κ1) is 27.2. The summed E-state index contributed by atoms with van der Waals surface area (Å²) in [6.45, 7) is 8.63. The highest BCUT2D eigenvalue weighted by molar-refractivity contribution is 7.09. The normalized spacial score (nSPS) is 28.3. The number of benzene rings is 1. The third-order valence-electron chi connectivity index (χ3n) is 10.5. The van der Waals surface area contributed by atoms with Crippen LogP contribution in [0.15, 0.2) is 29.8 Å². The van der Waals surface area contributed by atoms with Crippen molar-refractivity contribution in [1.82, 2.24) is 14.9 Å². The Bertz CT molecular complexity index is 1300. The van der Waals surface area contributed by atoms with E-state index in [1.165, 1.54) is 23.5 Å². The predicted molar refractivity (Wildman–Crippen MR) is 147 cm³/mol. The number of aromatic nitrogens is 2. The van der Waals surface area contributed by atoms with E-state index in [-0.39, 0.29) is 16.7 Å². The number of nitrogens with zero attached hydrogens (tertiary/aromatic N) is 2. The highest BCUT2D eigenvalue weighted by atomic mass is 32.1. The van der Waals surface area contributed by atoms with E-state index in [4.69, 9.17) is 4.74 Å². The number of hydrogen-bond donors (Lipinski definition) is 2. The van der Waals surface area contributed by atoms with Crippen molar-refractivity contribution in [3.63, 3.8) is 0 Å². The number of H-pyrrole nitrogens is 1. The summed E-state index contributed by atoms with van der Waals surface area (Å²) in [5.74, 6) is 0.642. The zero-order valence-electron chi connectivity index (χ0n) is 22.7. The minimum atomic E-state index is -4.35. The summed E-state index contributed by atoms with van der Waals surface area (Å²) in [4.78, 5) is 10.5. The molecule has 3 aromatic rings. The molecule has 2 saturated heterocycles. The average molecular weight is 562 g/mol. The second-order valence-corrected chi connectivity index (χ2v) is 13.0. The lowest BCUT2D eigenvalue weighted by atomic mass is 9.56. The van der Waals surface area contributed by atoms with Gasteiger partial charge in [0.1, 0.15) is 11.1 Å². The lowest BCUT2D eigenvalue weighted by molar-refractivity contribution is -0.137. The van der Waals surface area contributed by atoms with Crippen LogP contribution in [0.1, 0.15) is 79.8 Å². The maximum absolute atomic E-state index is 13.6. The fourth-order valence-corrected chi connectivity index (χ4v) is 8.79. The molecule has 0 bridgehead atoms. The molecule has 0 amide bonds. The molecule has 1 aromatic carbocycles. The Balaban J connectivity index is 1.26. The monoisotopic (exact) mass is 561 g/mol. The molecule has 0 spiro atoms. The minimum Gasteiger partial charge on any atom is -0.385 e. The fraction of sp³-hybridized carbons (Fsp3) is 0.633. The Labute approximate surface area is 231 Å². The van der Waals surface area contributed by atoms with E-state index in [0.717, 1.165) is 85.3 Å². The number of rotatable bonds is 6. The van der Waals surface area contributed by atoms with E-state index in [9.17, 15) is 18.3 Å². The summed E-state index contributed by atoms with van der Waals surface area (Å²) in [5.41, 5.74) is 2.18. The molecule has 4 atom stereocenters. The molecule has 39 heavy (non-hydrogen) atoms. The first-order valence-corrected chi connectivity index (χ1v) is 15.1. The molecule has 1 aliphatic carbocycles. The number of nitrogens with one attached hydrogen (secondary N) is 1. The maximum atomic E-state index is 13.6. The molecule has 2 aliphatic heterocycles. The Morgan fingerprint density at radius 3 is 2.77 bits per heavy atom. The number of likely N-dealkylation sites (tertiary alicyclic amines) is 1. The summed E-state index contributed by atoms with van der Waals surface area (Å²) >= 11 is 1.51. The summed E-state index contributed by atoms with van der Waals surface area (Å²) in [6.07, 6.45) is 2.28. The van der Waals surface area contributed by atoms with Gasteiger partial charge in [-0.15, -0.1) is 11.3 Å². The Morgan fingerprint density at radius 2 is 2.08 bits per heavy atom. The van der Waals surface area contributed by atoms with Gasteiger partial charge in [-0.1, -0.05) is 13.8 Å². The number of fused-ring (bicyclic) bond motifs is 4. The van der Waals surface area contributed by atoms with E-state index in [1.54, 1.807) is 12.3 Å². The number of thiazole rings is 1. The zero-order valence-corrected chi connectivity index (χ0v) is 23.5. The Kier molecular flexibility index (Phi) is 7.09. The number of aromatic amines is 1. The van der Waals surface area contributed by atoms with Crippen molar-refractivity contribution in [3.05, 3.63) is 51.6 Å². The number of piperidine rings is 1. The average Bonchev–Trinajstić information content (AvgIpc) is 3.59. The van der Waals surface area contributed by atoms with Crippen molar-refractivity contribution in [2.45, 2.75) is 70.6 Å². The molecule has 212 valence electrons. The quantitative estimate of drug-likeness (QED) is 0.342. The van der Waals surface area contributed by atoms with E-state index < -0.39 is 17.8 Å². The fourth-order valence-electron chi connectivity index (χ4n) is 8.03. The van der Waals surface area contributed by atoms with Gasteiger partial charge in [-0.05, 0) is 92.6 Å². The molecule has 6 rings (SSSR count). The zero-order chi connectivity index (χ0) is 27.4. The topological polar surface area (TPSA) is 61.4 Å². The van der Waals surface area contributed by atoms with Crippen LogP contribution in [0.3, 0.4) is 0 Å². The van der Waals surface area contributed by atoms with Gasteiger partial charge < -0.3 is 19.7 Å². The van der Waals surface area contributed by atoms with Crippen LogP contribution < -0.4 is 0 Å². The van der Waals surface area contributed by atoms with Crippen LogP contribution in [0.5, 0.6) is 0 Å². The molecular weight excluding hydrogens is 523 g/mol. The first-order valence-electron chi connectivity index (χ1n) is 14.3. The van der Waals surface area contributed by atoms with Gasteiger partial charge >= 0.3 is 6.18 Å². The van der Waals surface area contributed by atoms with Gasteiger partial charge in [0.15, 0.2) is 0 Å². The first-order chi connectivity index (χ1) is 18.7. The largest absolute Gasteiger partial charge is 0.416 e. The Hall–Kier alpha value is -1.94. The molecule has 2 fully saturated rings. The van der Waals surface area contributed by atoms with Crippen LogP contribution in [0, 0.1) is 16.7 Å². The summed E-state index contributed by atoms with van der Waals surface area (Å²) in [6, 6.07) is 4.13. The van der Waals surface area contributed by atoms with Gasteiger partial charge in [0, 0.05) is 53.3 Å². The molecule has 3 aliphatic rings. The summed E-state index contributed by atoms with van der Waals surface area (Å²) in [7, 11) is 0. The highest BCUT2D eigenvalue weighted by Gasteiger charge is 2.51. The van der Waals surface area contributed by atoms with Crippen LogP contribution in [0.4, 0.5) is 13.2 Å². The number of aliphatic hydroxyl groups excluding tert-OH is 1. The molecule has 5 nitrogen and oxygen atoms in total. The smallest absolute Gasteiger partial charge is 0.385 e. The standard InChI is InChI=1S/C30H38F3N3O2S/c1-3-29-18-36(12-7-28(8-13-38-14-9-28)26(37)27-34-10-15-39-27)11-6-20(29)17-24-25(19(29)2)22-16-21(30(31,32)33)4-5-23(22)35-24/h4-5,10,15-16,19-20,26,35,37H,3,6-9,11-14,17-18H2,1-2H3/t19-,20+,26?,29+/m0/s1. The number of aliphatic hydroxyl groups is 1. The lowest BCUT2D eigenvalue weighted by Gasteiger charge is -2.55. The van der Waals surface area contributed by atoms with Crippen LogP contribution in [0.2, 0.25) is 0 Å². The highest BCUT2D eigenvalue weighted by Crippen LogP contribution is 2.56. The summed E-state index contributed by atoms with van der Waals surface area (Å²) in [5, 5.41) is 14.8. The molecule has 0 saturated carbocycles. The van der Waals surface area contributed by atoms with E-state index >= 15 is 0 Å². The lowest BCUT2D eigenvalue weighted by Crippen LogP contribution is -2.54. The van der Waals surface area contributed by atoms with Crippen LogP contribution in [0.25, 0.3) is 10.9 Å². The molecule has 1 unspecified atom stereocenters. The second kappa shape index (κ2) is 10.2. The van der Waals surface area contributed by atoms with E-state index in [2.05, 4.69) is 28.7 Å². The van der Waals surface area contributed by atoms with E-state index in [1.807, 2.05) is 5.38 Å². The van der Waals surface area contributed by atoms with E-state index in [0.29, 0.717) is 19.1 Å². The number of halogens is 3. The van der Waals surface area contributed by atoms with Crippen molar-refractivity contribution >= 4 is 22.2 Å². The van der Waals surface area contributed by atoms with Crippen molar-refractivity contribution in [2.24, 2.45) is 16.7 Å². The van der Waals surface area contributed by atoms with Gasteiger partial charge in [0.25, 0.3) is 0 Å². The number of hydrogen-bond acceptors (Lipinski definition) is 5. The molecule has 2 aromatic heterocycles. The Morgan fingerprint density at radius 1 is 1.28 bits per heavy atom. The SMILES string of the molecule is CC[C@]12CN(CCC3(C(O)c4nccs4)CCOCC3)CC[C@@H]1Cc1[nH]c3ccc(C(F)(F)F)cc3c1[C@@H]2C. The van der Waals surface area contributed by atoms with Crippen LogP contribution >= 0.6 is 11.3 Å². The summed E-state index contributed by atoms with van der Waals surface area (Å²) < 4.78 is 46.4. The molecule has 0 radical (unpaired) electrons. The van der Waals surface area contributed by atoms with Crippen molar-refractivity contribution in [3.8, 4) is 0 Å². The van der Waals surface area contributed by atoms with Gasteiger partial charge in [0.2, 0.25) is 0 Å². The van der Waals surface area contributed by atoms with Crippen molar-refractivity contribution < 1.29 is 23.0 Å². The maximum Gasteiger partial charge on any atom is 0.416 e. The minimum absolute atomic E-state index is 0.00533. The van der Waals surface area contributed by atoms with Gasteiger partial charge in [-0.2, -0.15) is 13.2 Å². The van der Waals surface area contributed by atoms with Crippen molar-refractivity contribution in [1.29, 1.82) is 0 Å². The molecular formula is C30H38F3N3O2S. The second-order valence-electron chi connectivity index (χ2n) is 12.0. The van der Waals surface area contributed by atoms with Crippen LogP contribution in [-0.2, 0) is 17.3 Å². The predicted octanol–water partition coefficient (Wildman–Crippen LogP) is 6.94. The molecule has 2 N–H and O–H groups in total. The number of alkyl halides is 3. The van der Waals surface area contributed by atoms with Gasteiger partial charge in [-0.3, -0.25) is 0 Å². The van der Waals surface area contributed by atoms with Gasteiger partial charge in [-0.25, -0.2) is 4.98 Å². The molecule has 4 heterocycles. The van der Waals surface area contributed by atoms with Gasteiger partial charge in [0.05, 0.1) is 5.56 Å². The van der Waals surface area contributed by atoms with Crippen molar-refractivity contribution in [2.75, 3.05) is 32.8 Å². The number of ether oxygens (including phenoxy) is 1. The van der Waals surface area contributed by atoms with Crippen LogP contribution in [-0.4, -0.2) is 52.8 Å².